The lowest BCUT2D eigenvalue weighted by Gasteiger charge is -2.18. The highest BCUT2D eigenvalue weighted by atomic mass is 16.4. The fourth-order valence-corrected chi connectivity index (χ4v) is 2.16. The van der Waals surface area contributed by atoms with E-state index in [4.69, 9.17) is 16.6 Å². The molecule has 0 heterocycles. The Hall–Kier alpha value is -1.71. The van der Waals surface area contributed by atoms with Crippen molar-refractivity contribution in [3.8, 4) is 0 Å². The zero-order chi connectivity index (χ0) is 18.7. The van der Waals surface area contributed by atoms with Crippen LogP contribution in [0.2, 0.25) is 0 Å². The molecular formula is C15H31N5O4. The van der Waals surface area contributed by atoms with Crippen molar-refractivity contribution in [1.82, 2.24) is 15.8 Å². The number of aliphatic carboxylic acids is 1. The van der Waals surface area contributed by atoms with Crippen LogP contribution in [0.25, 0.3) is 0 Å². The van der Waals surface area contributed by atoms with Gasteiger partial charge in [-0.05, 0) is 25.2 Å². The van der Waals surface area contributed by atoms with Gasteiger partial charge >= 0.3 is 5.97 Å². The van der Waals surface area contributed by atoms with Crippen molar-refractivity contribution in [2.45, 2.75) is 51.6 Å². The first-order valence-corrected chi connectivity index (χ1v) is 8.13. The minimum absolute atomic E-state index is 0.0881. The number of nitrogens with one attached hydrogen (secondary N) is 2. The van der Waals surface area contributed by atoms with Gasteiger partial charge in [0.25, 0.3) is 0 Å². The van der Waals surface area contributed by atoms with Crippen molar-refractivity contribution in [1.29, 1.82) is 0 Å². The highest BCUT2D eigenvalue weighted by Crippen LogP contribution is 2.03. The van der Waals surface area contributed by atoms with Gasteiger partial charge in [0.1, 0.15) is 6.54 Å². The molecule has 24 heavy (non-hydrogen) atoms. The van der Waals surface area contributed by atoms with E-state index in [0.29, 0.717) is 31.7 Å². The molecule has 0 radical (unpaired) electrons. The molecule has 2 atom stereocenters. The van der Waals surface area contributed by atoms with Gasteiger partial charge in [-0.15, -0.1) is 0 Å². The summed E-state index contributed by atoms with van der Waals surface area (Å²) in [6, 6.07) is -0.862. The summed E-state index contributed by atoms with van der Waals surface area (Å²) in [5.41, 5.74) is 14.1. The Morgan fingerprint density at radius 2 is 1.83 bits per heavy atom. The third kappa shape index (κ3) is 11.8. The highest BCUT2D eigenvalue weighted by molar-refractivity contribution is 5.81. The average Bonchev–Trinajstić information content (AvgIpc) is 2.41. The number of carboxylic acids is 1. The Morgan fingerprint density at radius 3 is 2.38 bits per heavy atom. The number of carboxylic acid groups (broad SMARTS) is 1. The minimum Gasteiger partial charge on any atom is -0.480 e. The Labute approximate surface area is 143 Å². The lowest BCUT2D eigenvalue weighted by atomic mass is 10.0. The number of rotatable bonds is 12. The Bertz CT molecular complexity index is 417. The largest absolute Gasteiger partial charge is 0.480 e. The second kappa shape index (κ2) is 11.8. The molecule has 0 saturated carbocycles. The Kier molecular flexibility index (Phi) is 10.9. The normalized spacial score (nSPS) is 13.6. The van der Waals surface area contributed by atoms with E-state index in [-0.39, 0.29) is 30.8 Å². The van der Waals surface area contributed by atoms with E-state index < -0.39 is 12.0 Å². The SMILES string of the molecule is CC(C)C[C@H](N)C(=O)NCCC[C@@H](N)CC(=O)NN(C)CC(=O)O. The van der Waals surface area contributed by atoms with E-state index >= 15 is 0 Å². The first kappa shape index (κ1) is 22.3. The van der Waals surface area contributed by atoms with Crippen LogP contribution >= 0.6 is 0 Å². The number of carbonyl (C=O) groups is 3. The maximum absolute atomic E-state index is 11.7. The van der Waals surface area contributed by atoms with Gasteiger partial charge < -0.3 is 21.9 Å². The number of amides is 2. The molecule has 0 spiro atoms. The molecular weight excluding hydrogens is 314 g/mol. The molecule has 140 valence electrons. The second-order valence-corrected chi connectivity index (χ2v) is 6.42. The molecule has 2 amide bonds. The van der Waals surface area contributed by atoms with Crippen LogP contribution in [-0.4, -0.2) is 60.1 Å². The molecule has 0 aliphatic carbocycles. The van der Waals surface area contributed by atoms with E-state index in [9.17, 15) is 14.4 Å². The summed E-state index contributed by atoms with van der Waals surface area (Å²) >= 11 is 0. The Morgan fingerprint density at radius 1 is 1.21 bits per heavy atom. The monoisotopic (exact) mass is 345 g/mol. The summed E-state index contributed by atoms with van der Waals surface area (Å²) in [7, 11) is 1.47. The molecule has 0 aliphatic heterocycles. The predicted octanol–water partition coefficient (Wildman–Crippen LogP) is -0.979. The van der Waals surface area contributed by atoms with Crippen molar-refractivity contribution in [2.75, 3.05) is 20.1 Å². The summed E-state index contributed by atoms with van der Waals surface area (Å²) < 4.78 is 0. The molecule has 9 heteroatoms. The molecule has 0 aromatic rings. The fourth-order valence-electron chi connectivity index (χ4n) is 2.16. The lowest BCUT2D eigenvalue weighted by molar-refractivity contribution is -0.139. The number of carbonyl (C=O) groups excluding carboxylic acids is 2. The number of nitrogens with two attached hydrogens (primary N) is 2. The standard InChI is InChI=1S/C15H31N5O4/c1-10(2)7-12(17)15(24)18-6-4-5-11(16)8-13(21)19-20(3)9-14(22)23/h10-12H,4-9,16-17H2,1-3H3,(H,18,24)(H,19,21)(H,22,23)/t11-,12+/m1/s1. The second-order valence-electron chi connectivity index (χ2n) is 6.42. The summed E-state index contributed by atoms with van der Waals surface area (Å²) in [4.78, 5) is 33.9. The number of nitrogens with zero attached hydrogens (tertiary/aromatic N) is 1. The van der Waals surface area contributed by atoms with Crippen LogP contribution in [0.3, 0.4) is 0 Å². The van der Waals surface area contributed by atoms with Gasteiger partial charge in [0, 0.05) is 26.1 Å². The number of hydrazine groups is 1. The van der Waals surface area contributed by atoms with E-state index in [1.165, 1.54) is 12.1 Å². The van der Waals surface area contributed by atoms with Crippen LogP contribution in [0, 0.1) is 5.92 Å². The van der Waals surface area contributed by atoms with Crippen molar-refractivity contribution in [3.63, 3.8) is 0 Å². The maximum Gasteiger partial charge on any atom is 0.319 e. The van der Waals surface area contributed by atoms with Crippen LogP contribution in [0.15, 0.2) is 0 Å². The molecule has 0 saturated heterocycles. The number of likely N-dealkylation sites (N-methyl/N-ethyl adjacent to an activating group) is 1. The van der Waals surface area contributed by atoms with Crippen molar-refractivity contribution < 1.29 is 19.5 Å². The first-order chi connectivity index (χ1) is 11.1. The molecule has 9 nitrogen and oxygen atoms in total. The summed E-state index contributed by atoms with van der Waals surface area (Å²) in [6.07, 6.45) is 1.93. The van der Waals surface area contributed by atoms with Crippen LogP contribution in [0.5, 0.6) is 0 Å². The van der Waals surface area contributed by atoms with Crippen molar-refractivity contribution in [2.24, 2.45) is 17.4 Å². The highest BCUT2D eigenvalue weighted by Gasteiger charge is 2.15. The quantitative estimate of drug-likeness (QED) is 0.225. The maximum atomic E-state index is 11.7. The van der Waals surface area contributed by atoms with E-state index in [1.807, 2.05) is 13.8 Å². The number of hydrogen-bond donors (Lipinski definition) is 5. The molecule has 0 rings (SSSR count). The van der Waals surface area contributed by atoms with Gasteiger partial charge in [0.15, 0.2) is 0 Å². The lowest BCUT2D eigenvalue weighted by Crippen LogP contribution is -2.44. The molecule has 0 fully saturated rings. The summed E-state index contributed by atoms with van der Waals surface area (Å²) in [6.45, 7) is 4.18. The van der Waals surface area contributed by atoms with Gasteiger partial charge in [-0.25, -0.2) is 5.01 Å². The van der Waals surface area contributed by atoms with Gasteiger partial charge in [-0.2, -0.15) is 0 Å². The minimum atomic E-state index is -1.03. The third-order valence-corrected chi connectivity index (χ3v) is 3.25. The zero-order valence-corrected chi connectivity index (χ0v) is 14.7. The van der Waals surface area contributed by atoms with Crippen molar-refractivity contribution in [3.05, 3.63) is 0 Å². The molecule has 0 unspecified atom stereocenters. The molecule has 0 aliphatic rings. The number of hydrogen-bond acceptors (Lipinski definition) is 6. The van der Waals surface area contributed by atoms with Gasteiger partial charge in [-0.3, -0.25) is 19.8 Å². The molecule has 0 bridgehead atoms. The molecule has 0 aromatic heterocycles. The van der Waals surface area contributed by atoms with E-state index in [1.54, 1.807) is 0 Å². The smallest absolute Gasteiger partial charge is 0.319 e. The van der Waals surface area contributed by atoms with Crippen LogP contribution in [0.1, 0.15) is 39.5 Å². The third-order valence-electron chi connectivity index (χ3n) is 3.25. The average molecular weight is 345 g/mol. The fraction of sp³-hybridized carbons (Fsp3) is 0.800. The zero-order valence-electron chi connectivity index (χ0n) is 14.7. The van der Waals surface area contributed by atoms with E-state index in [0.717, 1.165) is 0 Å². The van der Waals surface area contributed by atoms with Crippen LogP contribution in [-0.2, 0) is 14.4 Å². The summed E-state index contributed by atoms with van der Waals surface area (Å²) in [5, 5.41) is 12.5. The predicted molar refractivity (Wildman–Crippen MR) is 90.7 cm³/mol. The summed E-state index contributed by atoms with van der Waals surface area (Å²) in [5.74, 6) is -1.19. The van der Waals surface area contributed by atoms with Gasteiger partial charge in [0.05, 0.1) is 6.04 Å². The molecule has 0 aromatic carbocycles. The van der Waals surface area contributed by atoms with Crippen LogP contribution in [0.4, 0.5) is 0 Å². The van der Waals surface area contributed by atoms with Crippen molar-refractivity contribution >= 4 is 17.8 Å². The topological polar surface area (TPSA) is 151 Å². The Balaban J connectivity index is 3.86. The molecule has 7 N–H and O–H groups in total. The van der Waals surface area contributed by atoms with Gasteiger partial charge in [0.2, 0.25) is 11.8 Å². The first-order valence-electron chi connectivity index (χ1n) is 8.13. The van der Waals surface area contributed by atoms with Gasteiger partial charge in [-0.1, -0.05) is 13.8 Å². The van der Waals surface area contributed by atoms with E-state index in [2.05, 4.69) is 10.7 Å². The van der Waals surface area contributed by atoms with Crippen LogP contribution < -0.4 is 22.2 Å².